The van der Waals surface area contributed by atoms with Crippen molar-refractivity contribution >= 4 is 22.0 Å². The minimum Gasteiger partial charge on any atom is -0.272 e. The second-order valence-corrected chi connectivity index (χ2v) is 4.09. The van der Waals surface area contributed by atoms with Gasteiger partial charge in [0.25, 0.3) is 0 Å². The number of hydrogen-bond acceptors (Lipinski definition) is 1. The highest BCUT2D eigenvalue weighted by atomic mass is 79.9. The first-order valence-electron chi connectivity index (χ1n) is 4.47. The molecule has 0 aliphatic heterocycles. The Morgan fingerprint density at radius 2 is 2.38 bits per heavy atom. The summed E-state index contributed by atoms with van der Waals surface area (Å²) in [6, 6.07) is 0. The fourth-order valence-electron chi connectivity index (χ4n) is 1.12. The third-order valence-corrected chi connectivity index (χ3v) is 1.98. The van der Waals surface area contributed by atoms with Crippen molar-refractivity contribution in [2.75, 3.05) is 5.33 Å². The maximum Gasteiger partial charge on any atom is 0.0562 e. The molecule has 0 amide bonds. The van der Waals surface area contributed by atoms with Crippen molar-refractivity contribution in [2.45, 2.75) is 20.4 Å². The number of halogens is 1. The van der Waals surface area contributed by atoms with Gasteiger partial charge in [-0.25, -0.2) is 0 Å². The van der Waals surface area contributed by atoms with Gasteiger partial charge in [0.1, 0.15) is 0 Å². The lowest BCUT2D eigenvalue weighted by Gasteiger charge is -2.02. The van der Waals surface area contributed by atoms with Crippen molar-refractivity contribution in [1.29, 1.82) is 0 Å². The van der Waals surface area contributed by atoms with Crippen LogP contribution in [0.1, 0.15) is 19.4 Å². The lowest BCUT2D eigenvalue weighted by atomic mass is 10.2. The molecular weight excluding hydrogens is 228 g/mol. The zero-order chi connectivity index (χ0) is 9.68. The number of rotatable bonds is 4. The van der Waals surface area contributed by atoms with E-state index in [1.165, 1.54) is 5.56 Å². The molecule has 0 N–H and O–H groups in total. The first-order valence-corrected chi connectivity index (χ1v) is 5.59. The van der Waals surface area contributed by atoms with Gasteiger partial charge in [-0.2, -0.15) is 5.10 Å². The highest BCUT2D eigenvalue weighted by Crippen LogP contribution is 2.04. The fourth-order valence-corrected chi connectivity index (χ4v) is 1.31. The number of hydrogen-bond donors (Lipinski definition) is 0. The summed E-state index contributed by atoms with van der Waals surface area (Å²) in [5.74, 6) is 0.646. The van der Waals surface area contributed by atoms with Gasteiger partial charge < -0.3 is 0 Å². The lowest BCUT2D eigenvalue weighted by molar-refractivity contribution is 0.483. The van der Waals surface area contributed by atoms with E-state index in [4.69, 9.17) is 0 Å². The quantitative estimate of drug-likeness (QED) is 0.743. The van der Waals surface area contributed by atoms with Gasteiger partial charge in [0, 0.05) is 23.6 Å². The summed E-state index contributed by atoms with van der Waals surface area (Å²) in [6.07, 6.45) is 8.09. The first-order chi connectivity index (χ1) is 6.22. The summed E-state index contributed by atoms with van der Waals surface area (Å²) in [5, 5.41) is 5.15. The van der Waals surface area contributed by atoms with E-state index in [-0.39, 0.29) is 0 Å². The van der Waals surface area contributed by atoms with Crippen LogP contribution in [-0.2, 0) is 6.54 Å². The van der Waals surface area contributed by atoms with Crippen LogP contribution in [0, 0.1) is 5.92 Å². The average molecular weight is 243 g/mol. The van der Waals surface area contributed by atoms with Crippen molar-refractivity contribution in [1.82, 2.24) is 9.78 Å². The van der Waals surface area contributed by atoms with Crippen LogP contribution in [0.15, 0.2) is 18.5 Å². The van der Waals surface area contributed by atoms with Crippen LogP contribution in [0.2, 0.25) is 0 Å². The Labute approximate surface area is 87.8 Å². The van der Waals surface area contributed by atoms with Crippen molar-refractivity contribution < 1.29 is 0 Å². The second-order valence-electron chi connectivity index (χ2n) is 3.45. The Morgan fingerprint density at radius 1 is 1.62 bits per heavy atom. The molecule has 0 saturated carbocycles. The second kappa shape index (κ2) is 5.22. The molecule has 1 rings (SSSR count). The number of nitrogens with zero attached hydrogens (tertiary/aromatic N) is 2. The average Bonchev–Trinajstić information content (AvgIpc) is 2.48. The van der Waals surface area contributed by atoms with Crippen LogP contribution >= 0.6 is 15.9 Å². The monoisotopic (exact) mass is 242 g/mol. The topological polar surface area (TPSA) is 17.8 Å². The highest BCUT2D eigenvalue weighted by Gasteiger charge is 1.97. The normalized spacial score (nSPS) is 11.7. The molecule has 0 bridgehead atoms. The predicted octanol–water partition coefficient (Wildman–Crippen LogP) is 2.95. The zero-order valence-corrected chi connectivity index (χ0v) is 9.66. The molecule has 0 spiro atoms. The Balaban J connectivity index is 2.58. The summed E-state index contributed by atoms with van der Waals surface area (Å²) in [6.45, 7) is 5.37. The van der Waals surface area contributed by atoms with Crippen LogP contribution in [0.5, 0.6) is 0 Å². The summed E-state index contributed by atoms with van der Waals surface area (Å²) in [5.41, 5.74) is 1.17. The highest BCUT2D eigenvalue weighted by molar-refractivity contribution is 9.09. The van der Waals surface area contributed by atoms with Gasteiger partial charge in [0.15, 0.2) is 0 Å². The van der Waals surface area contributed by atoms with Crippen molar-refractivity contribution in [3.63, 3.8) is 0 Å². The maximum atomic E-state index is 4.26. The van der Waals surface area contributed by atoms with Crippen LogP contribution < -0.4 is 0 Å². The Kier molecular flexibility index (Phi) is 4.22. The largest absolute Gasteiger partial charge is 0.272 e. The van der Waals surface area contributed by atoms with E-state index in [9.17, 15) is 0 Å². The summed E-state index contributed by atoms with van der Waals surface area (Å²) >= 11 is 3.34. The molecule has 13 heavy (non-hydrogen) atoms. The maximum absolute atomic E-state index is 4.26. The summed E-state index contributed by atoms with van der Waals surface area (Å²) < 4.78 is 1.98. The van der Waals surface area contributed by atoms with Crippen molar-refractivity contribution in [3.05, 3.63) is 24.0 Å². The zero-order valence-electron chi connectivity index (χ0n) is 8.07. The van der Waals surface area contributed by atoms with Crippen LogP contribution in [0.4, 0.5) is 0 Å². The molecule has 0 aliphatic rings. The van der Waals surface area contributed by atoms with E-state index >= 15 is 0 Å². The molecule has 0 radical (unpaired) electrons. The molecule has 0 unspecified atom stereocenters. The van der Waals surface area contributed by atoms with Crippen molar-refractivity contribution in [2.24, 2.45) is 5.92 Å². The first kappa shape index (κ1) is 10.5. The summed E-state index contributed by atoms with van der Waals surface area (Å²) in [7, 11) is 0. The van der Waals surface area contributed by atoms with Crippen LogP contribution in [0.25, 0.3) is 6.08 Å². The van der Waals surface area contributed by atoms with Gasteiger partial charge in [-0.15, -0.1) is 0 Å². The van der Waals surface area contributed by atoms with Gasteiger partial charge in [-0.1, -0.05) is 41.9 Å². The molecule has 1 aromatic rings. The van der Waals surface area contributed by atoms with E-state index < -0.39 is 0 Å². The molecule has 0 aromatic carbocycles. The van der Waals surface area contributed by atoms with E-state index in [0.29, 0.717) is 5.92 Å². The fraction of sp³-hybridized carbons (Fsp3) is 0.500. The minimum atomic E-state index is 0.646. The lowest BCUT2D eigenvalue weighted by Crippen LogP contribution is -2.03. The van der Waals surface area contributed by atoms with E-state index in [2.05, 4.69) is 53.2 Å². The molecule has 3 heteroatoms. The molecular formula is C10H15BrN2. The van der Waals surface area contributed by atoms with Gasteiger partial charge in [-0.3, -0.25) is 4.68 Å². The third-order valence-electron chi connectivity index (χ3n) is 1.60. The van der Waals surface area contributed by atoms with Gasteiger partial charge in [-0.05, 0) is 5.92 Å². The Morgan fingerprint density at radius 3 is 3.00 bits per heavy atom. The molecule has 0 saturated heterocycles. The number of aromatic nitrogens is 2. The van der Waals surface area contributed by atoms with Gasteiger partial charge in [0.05, 0.1) is 6.20 Å². The van der Waals surface area contributed by atoms with Crippen molar-refractivity contribution in [3.8, 4) is 0 Å². The molecule has 72 valence electrons. The van der Waals surface area contributed by atoms with Gasteiger partial charge in [0.2, 0.25) is 0 Å². The number of alkyl halides is 1. The van der Waals surface area contributed by atoms with Crippen LogP contribution in [0.3, 0.4) is 0 Å². The SMILES string of the molecule is CC(C)Cn1cc(C=CCBr)cn1. The third kappa shape index (κ3) is 3.77. The van der Waals surface area contributed by atoms with E-state index in [0.717, 1.165) is 11.9 Å². The number of allylic oxidation sites excluding steroid dienone is 1. The predicted molar refractivity (Wildman–Crippen MR) is 59.9 cm³/mol. The van der Waals surface area contributed by atoms with E-state index in [1.54, 1.807) is 0 Å². The molecule has 0 aliphatic carbocycles. The van der Waals surface area contributed by atoms with E-state index in [1.807, 2.05) is 10.9 Å². The minimum absolute atomic E-state index is 0.646. The molecule has 0 fully saturated rings. The van der Waals surface area contributed by atoms with Gasteiger partial charge >= 0.3 is 0 Å². The standard InChI is InChI=1S/C10H15BrN2/c1-9(2)7-13-8-10(6-12-13)4-3-5-11/h3-4,6,8-9H,5,7H2,1-2H3. The Hall–Kier alpha value is -0.570. The summed E-state index contributed by atoms with van der Waals surface area (Å²) in [4.78, 5) is 0. The smallest absolute Gasteiger partial charge is 0.0562 e. The Bertz CT molecular complexity index is 276. The molecule has 1 heterocycles. The van der Waals surface area contributed by atoms with Crippen LogP contribution in [-0.4, -0.2) is 15.1 Å². The molecule has 1 aromatic heterocycles. The molecule has 0 atom stereocenters. The molecule has 2 nitrogen and oxygen atoms in total.